The van der Waals surface area contributed by atoms with Crippen LogP contribution < -0.4 is 4.74 Å². The molecular weight excluding hydrogens is 252 g/mol. The Kier molecular flexibility index (Phi) is 3.92. The molecule has 2 atom stereocenters. The number of carbonyl (C=O) groups is 1. The maximum atomic E-state index is 12.7. The van der Waals surface area contributed by atoms with Crippen molar-refractivity contribution in [1.29, 1.82) is 0 Å². The largest absolute Gasteiger partial charge is 0.497 e. The van der Waals surface area contributed by atoms with Crippen LogP contribution in [0.3, 0.4) is 0 Å². The van der Waals surface area contributed by atoms with Crippen LogP contribution in [0.2, 0.25) is 0 Å². The second kappa shape index (κ2) is 5.83. The van der Waals surface area contributed by atoms with Gasteiger partial charge in [-0.1, -0.05) is 6.07 Å². The zero-order valence-electron chi connectivity index (χ0n) is 12.0. The number of amides is 1. The fourth-order valence-electron chi connectivity index (χ4n) is 3.29. The van der Waals surface area contributed by atoms with Crippen LogP contribution in [0.1, 0.15) is 23.2 Å². The summed E-state index contributed by atoms with van der Waals surface area (Å²) in [5.41, 5.74) is 0.732. The van der Waals surface area contributed by atoms with Crippen molar-refractivity contribution in [2.75, 3.05) is 39.8 Å². The van der Waals surface area contributed by atoms with Gasteiger partial charge in [0.2, 0.25) is 0 Å². The summed E-state index contributed by atoms with van der Waals surface area (Å²) in [7, 11) is 1.63. The van der Waals surface area contributed by atoms with Crippen LogP contribution in [0.25, 0.3) is 0 Å². The Bertz CT molecular complexity index is 489. The lowest BCUT2D eigenvalue weighted by Crippen LogP contribution is -2.36. The molecule has 0 aromatic heterocycles. The van der Waals surface area contributed by atoms with Gasteiger partial charge in [0.15, 0.2) is 0 Å². The van der Waals surface area contributed by atoms with Crippen molar-refractivity contribution >= 4 is 5.91 Å². The molecule has 1 amide bonds. The zero-order valence-corrected chi connectivity index (χ0v) is 12.0. The molecule has 20 heavy (non-hydrogen) atoms. The molecule has 2 unspecified atom stereocenters. The summed E-state index contributed by atoms with van der Waals surface area (Å²) in [4.78, 5) is 17.2. The van der Waals surface area contributed by atoms with Gasteiger partial charge in [-0.15, -0.1) is 0 Å². The Morgan fingerprint density at radius 2 is 2.15 bits per heavy atom. The first kappa shape index (κ1) is 13.4. The molecule has 2 bridgehead atoms. The van der Waals surface area contributed by atoms with Crippen LogP contribution >= 0.6 is 0 Å². The van der Waals surface area contributed by atoms with Crippen molar-refractivity contribution in [2.24, 2.45) is 5.92 Å². The van der Waals surface area contributed by atoms with Gasteiger partial charge >= 0.3 is 0 Å². The normalized spacial score (nSPS) is 25.9. The molecule has 0 spiro atoms. The predicted molar refractivity (Wildman–Crippen MR) is 78.1 cm³/mol. The van der Waals surface area contributed by atoms with E-state index in [9.17, 15) is 4.79 Å². The van der Waals surface area contributed by atoms with E-state index in [0.29, 0.717) is 5.92 Å². The third-order valence-corrected chi connectivity index (χ3v) is 4.37. The van der Waals surface area contributed by atoms with Crippen molar-refractivity contribution in [3.63, 3.8) is 0 Å². The summed E-state index contributed by atoms with van der Waals surface area (Å²) in [6.07, 6.45) is 2.52. The van der Waals surface area contributed by atoms with E-state index >= 15 is 0 Å². The highest BCUT2D eigenvalue weighted by Crippen LogP contribution is 2.22. The van der Waals surface area contributed by atoms with E-state index in [0.717, 1.165) is 37.5 Å². The molecule has 2 fully saturated rings. The lowest BCUT2D eigenvalue weighted by molar-refractivity contribution is 0.0745. The number of methoxy groups -OCH3 is 1. The Hall–Kier alpha value is -1.55. The van der Waals surface area contributed by atoms with E-state index in [4.69, 9.17) is 4.74 Å². The van der Waals surface area contributed by atoms with Crippen LogP contribution in [0.5, 0.6) is 5.75 Å². The fraction of sp³-hybridized carbons (Fsp3) is 0.562. The van der Waals surface area contributed by atoms with Crippen LogP contribution in [-0.4, -0.2) is 55.5 Å². The summed E-state index contributed by atoms with van der Waals surface area (Å²) < 4.78 is 5.21. The highest BCUT2D eigenvalue weighted by Gasteiger charge is 2.28. The first-order valence-corrected chi connectivity index (χ1v) is 7.42. The van der Waals surface area contributed by atoms with Gasteiger partial charge in [0.25, 0.3) is 5.91 Å². The monoisotopic (exact) mass is 274 g/mol. The standard InChI is InChI=1S/C16H22N2O2/c1-20-15-6-2-5-14(10-15)16(19)18-9-8-17-7-3-4-13(11-17)12-18/h2,5-6,10,13H,3-4,7-9,11-12H2,1H3. The minimum absolute atomic E-state index is 0.137. The van der Waals surface area contributed by atoms with Gasteiger partial charge in [0.05, 0.1) is 7.11 Å². The number of hydrogen-bond donors (Lipinski definition) is 0. The molecule has 0 aliphatic carbocycles. The molecule has 4 nitrogen and oxygen atoms in total. The van der Waals surface area contributed by atoms with Crippen LogP contribution in [-0.2, 0) is 0 Å². The Labute approximate surface area is 120 Å². The molecule has 2 heterocycles. The molecule has 2 aliphatic rings. The highest BCUT2D eigenvalue weighted by molar-refractivity contribution is 5.94. The number of carbonyl (C=O) groups excluding carboxylic acids is 1. The Morgan fingerprint density at radius 3 is 3.00 bits per heavy atom. The van der Waals surface area contributed by atoms with Gasteiger partial charge in [-0.2, -0.15) is 0 Å². The number of hydrogen-bond acceptors (Lipinski definition) is 3. The fourth-order valence-corrected chi connectivity index (χ4v) is 3.29. The van der Waals surface area contributed by atoms with Crippen molar-refractivity contribution < 1.29 is 9.53 Å². The maximum absolute atomic E-state index is 12.7. The maximum Gasteiger partial charge on any atom is 0.254 e. The number of benzene rings is 1. The molecule has 0 saturated carbocycles. The molecule has 1 aromatic rings. The Balaban J connectivity index is 1.75. The van der Waals surface area contributed by atoms with Crippen molar-refractivity contribution in [3.05, 3.63) is 29.8 Å². The van der Waals surface area contributed by atoms with Crippen molar-refractivity contribution in [2.45, 2.75) is 12.8 Å². The zero-order chi connectivity index (χ0) is 13.9. The average Bonchev–Trinajstić information content (AvgIpc) is 2.64. The highest BCUT2D eigenvalue weighted by atomic mass is 16.5. The molecule has 0 radical (unpaired) electrons. The summed E-state index contributed by atoms with van der Waals surface area (Å²) in [6, 6.07) is 7.46. The number of nitrogens with zero attached hydrogens (tertiary/aromatic N) is 2. The molecule has 2 saturated heterocycles. The first-order chi connectivity index (χ1) is 9.76. The quantitative estimate of drug-likeness (QED) is 0.825. The number of ether oxygens (including phenoxy) is 1. The SMILES string of the molecule is COc1cccc(C(=O)N2CCN3CCCC(C3)C2)c1. The second-order valence-corrected chi connectivity index (χ2v) is 5.79. The second-order valence-electron chi connectivity index (χ2n) is 5.79. The minimum atomic E-state index is 0.137. The van der Waals surface area contributed by atoms with E-state index in [1.807, 2.05) is 29.2 Å². The summed E-state index contributed by atoms with van der Waals surface area (Å²) >= 11 is 0. The van der Waals surface area contributed by atoms with Gasteiger partial charge in [0.1, 0.15) is 5.75 Å². The molecule has 3 rings (SSSR count). The molecule has 2 aliphatic heterocycles. The van der Waals surface area contributed by atoms with Crippen LogP contribution in [0.15, 0.2) is 24.3 Å². The molecule has 108 valence electrons. The van der Waals surface area contributed by atoms with Crippen molar-refractivity contribution in [1.82, 2.24) is 9.80 Å². The van der Waals surface area contributed by atoms with E-state index in [1.54, 1.807) is 7.11 Å². The summed E-state index contributed by atoms with van der Waals surface area (Å²) in [6.45, 7) is 5.09. The summed E-state index contributed by atoms with van der Waals surface area (Å²) in [5.74, 6) is 1.52. The first-order valence-electron chi connectivity index (χ1n) is 7.42. The van der Waals surface area contributed by atoms with Gasteiger partial charge < -0.3 is 14.5 Å². The third kappa shape index (κ3) is 2.80. The molecule has 1 aromatic carbocycles. The van der Waals surface area contributed by atoms with Gasteiger partial charge in [-0.05, 0) is 43.5 Å². The molecule has 0 N–H and O–H groups in total. The number of fused-ring (bicyclic) bond motifs is 2. The predicted octanol–water partition coefficient (Wildman–Crippen LogP) is 1.86. The van der Waals surface area contributed by atoms with E-state index < -0.39 is 0 Å². The third-order valence-electron chi connectivity index (χ3n) is 4.37. The van der Waals surface area contributed by atoms with E-state index in [1.165, 1.54) is 19.4 Å². The average molecular weight is 274 g/mol. The summed E-state index contributed by atoms with van der Waals surface area (Å²) in [5, 5.41) is 0. The molecular formula is C16H22N2O2. The van der Waals surface area contributed by atoms with Gasteiger partial charge in [0, 0.05) is 31.7 Å². The smallest absolute Gasteiger partial charge is 0.254 e. The number of rotatable bonds is 2. The minimum Gasteiger partial charge on any atom is -0.497 e. The van der Waals surface area contributed by atoms with Gasteiger partial charge in [-0.3, -0.25) is 4.79 Å². The lowest BCUT2D eigenvalue weighted by Gasteiger charge is -2.29. The molecule has 4 heteroatoms. The van der Waals surface area contributed by atoms with Gasteiger partial charge in [-0.25, -0.2) is 0 Å². The number of piperidine rings is 1. The van der Waals surface area contributed by atoms with Crippen LogP contribution in [0.4, 0.5) is 0 Å². The van der Waals surface area contributed by atoms with E-state index in [2.05, 4.69) is 4.90 Å². The van der Waals surface area contributed by atoms with Crippen molar-refractivity contribution in [3.8, 4) is 5.75 Å². The Morgan fingerprint density at radius 1 is 1.25 bits per heavy atom. The van der Waals surface area contributed by atoms with Crippen LogP contribution in [0, 0.1) is 5.92 Å². The van der Waals surface area contributed by atoms with E-state index in [-0.39, 0.29) is 5.91 Å². The topological polar surface area (TPSA) is 32.8 Å². The lowest BCUT2D eigenvalue weighted by atomic mass is 9.98.